The van der Waals surface area contributed by atoms with Gasteiger partial charge >= 0.3 is 5.97 Å². The molecule has 0 radical (unpaired) electrons. The van der Waals surface area contributed by atoms with Crippen molar-refractivity contribution in [2.45, 2.75) is 0 Å². The van der Waals surface area contributed by atoms with E-state index in [-0.39, 0.29) is 11.6 Å². The third-order valence-corrected chi connectivity index (χ3v) is 3.27. The van der Waals surface area contributed by atoms with Crippen molar-refractivity contribution in [3.63, 3.8) is 0 Å². The fraction of sp³-hybridized carbons (Fsp3) is 0.154. The van der Waals surface area contributed by atoms with Gasteiger partial charge in [-0.15, -0.1) is 0 Å². The third-order valence-electron chi connectivity index (χ3n) is 2.57. The van der Waals surface area contributed by atoms with E-state index >= 15 is 0 Å². The normalized spacial score (nSPS) is 10.2. The predicted octanol–water partition coefficient (Wildman–Crippen LogP) is 2.22. The molecule has 2 aromatic rings. The van der Waals surface area contributed by atoms with Crippen LogP contribution in [-0.4, -0.2) is 28.8 Å². The molecule has 1 aromatic heterocycles. The summed E-state index contributed by atoms with van der Waals surface area (Å²) in [5, 5.41) is 6.62. The molecule has 0 bridgehead atoms. The zero-order chi connectivity index (χ0) is 14.7. The first-order valence-corrected chi connectivity index (χ1v) is 6.50. The zero-order valence-corrected chi connectivity index (χ0v) is 12.5. The van der Waals surface area contributed by atoms with Crippen LogP contribution >= 0.6 is 15.9 Å². The molecule has 6 nitrogen and oxygen atoms in total. The van der Waals surface area contributed by atoms with Gasteiger partial charge < -0.3 is 10.1 Å². The van der Waals surface area contributed by atoms with E-state index in [1.807, 2.05) is 6.07 Å². The van der Waals surface area contributed by atoms with Gasteiger partial charge in [0.25, 0.3) is 5.91 Å². The minimum atomic E-state index is -0.604. The van der Waals surface area contributed by atoms with E-state index in [9.17, 15) is 9.59 Å². The van der Waals surface area contributed by atoms with Gasteiger partial charge in [-0.3, -0.25) is 9.48 Å². The minimum absolute atomic E-state index is 0.0652. The molecule has 1 aromatic carbocycles. The van der Waals surface area contributed by atoms with Crippen LogP contribution in [0.4, 0.5) is 5.69 Å². The highest BCUT2D eigenvalue weighted by molar-refractivity contribution is 9.10. The van der Waals surface area contributed by atoms with Crippen LogP contribution in [0.1, 0.15) is 20.8 Å². The van der Waals surface area contributed by atoms with E-state index < -0.39 is 5.97 Å². The fourth-order valence-corrected chi connectivity index (χ4v) is 2.13. The standard InChI is InChI=1S/C13H12BrN3O3/c1-17-7-10(11(16-17)13(19)20-2)15-12(18)8-5-3-4-6-9(8)14/h3-7H,1-2H3,(H,15,18). The molecule has 104 valence electrons. The number of nitrogens with zero attached hydrogens (tertiary/aromatic N) is 2. The van der Waals surface area contributed by atoms with Gasteiger partial charge in [-0.25, -0.2) is 4.79 Å². The third kappa shape index (κ3) is 2.88. The highest BCUT2D eigenvalue weighted by atomic mass is 79.9. The SMILES string of the molecule is COC(=O)c1nn(C)cc1NC(=O)c1ccccc1Br. The molecule has 0 spiro atoms. The number of esters is 1. The Bertz CT molecular complexity index is 667. The van der Waals surface area contributed by atoms with Gasteiger partial charge in [-0.05, 0) is 28.1 Å². The molecular formula is C13H12BrN3O3. The van der Waals surface area contributed by atoms with Crippen LogP contribution in [-0.2, 0) is 11.8 Å². The van der Waals surface area contributed by atoms with E-state index in [0.29, 0.717) is 15.7 Å². The van der Waals surface area contributed by atoms with Crippen molar-refractivity contribution in [3.8, 4) is 0 Å². The quantitative estimate of drug-likeness (QED) is 0.871. The summed E-state index contributed by atoms with van der Waals surface area (Å²) in [7, 11) is 2.91. The molecule has 7 heteroatoms. The van der Waals surface area contributed by atoms with Crippen molar-refractivity contribution >= 4 is 33.5 Å². The van der Waals surface area contributed by atoms with Gasteiger partial charge in [0, 0.05) is 17.7 Å². The summed E-state index contributed by atoms with van der Waals surface area (Å²) in [5.41, 5.74) is 0.836. The summed E-state index contributed by atoms with van der Waals surface area (Å²) in [6.07, 6.45) is 1.54. The second-order valence-corrected chi connectivity index (χ2v) is 4.84. The Kier molecular flexibility index (Phi) is 4.19. The number of aryl methyl sites for hydroxylation is 1. The summed E-state index contributed by atoms with van der Waals surface area (Å²) in [5.74, 6) is -0.941. The molecule has 0 atom stereocenters. The van der Waals surface area contributed by atoms with Gasteiger partial charge in [0.2, 0.25) is 0 Å². The van der Waals surface area contributed by atoms with Crippen LogP contribution < -0.4 is 5.32 Å². The topological polar surface area (TPSA) is 73.2 Å². The van der Waals surface area contributed by atoms with E-state index in [2.05, 4.69) is 31.1 Å². The minimum Gasteiger partial charge on any atom is -0.464 e. The summed E-state index contributed by atoms with van der Waals surface area (Å²) in [4.78, 5) is 23.8. The fourth-order valence-electron chi connectivity index (χ4n) is 1.66. The highest BCUT2D eigenvalue weighted by Gasteiger charge is 2.19. The molecular weight excluding hydrogens is 326 g/mol. The zero-order valence-electron chi connectivity index (χ0n) is 10.9. The highest BCUT2D eigenvalue weighted by Crippen LogP contribution is 2.19. The Morgan fingerprint density at radius 1 is 1.35 bits per heavy atom. The number of anilines is 1. The number of ether oxygens (including phenoxy) is 1. The van der Waals surface area contributed by atoms with Gasteiger partial charge in [-0.1, -0.05) is 12.1 Å². The number of rotatable bonds is 3. The maximum absolute atomic E-state index is 12.2. The Hall–Kier alpha value is -2.15. The van der Waals surface area contributed by atoms with E-state index in [0.717, 1.165) is 0 Å². The van der Waals surface area contributed by atoms with Crippen LogP contribution in [0.25, 0.3) is 0 Å². The average molecular weight is 338 g/mol. The molecule has 0 unspecified atom stereocenters. The lowest BCUT2D eigenvalue weighted by Gasteiger charge is -2.05. The lowest BCUT2D eigenvalue weighted by molar-refractivity contribution is 0.0594. The van der Waals surface area contributed by atoms with Gasteiger partial charge in [0.1, 0.15) is 0 Å². The number of hydrogen-bond acceptors (Lipinski definition) is 4. The second kappa shape index (κ2) is 5.87. The van der Waals surface area contributed by atoms with Crippen LogP contribution in [0.3, 0.4) is 0 Å². The smallest absolute Gasteiger partial charge is 0.360 e. The number of halogens is 1. The number of carbonyl (C=O) groups is 2. The molecule has 1 N–H and O–H groups in total. The van der Waals surface area contributed by atoms with E-state index in [1.165, 1.54) is 11.8 Å². The van der Waals surface area contributed by atoms with Crippen molar-refractivity contribution in [1.82, 2.24) is 9.78 Å². The van der Waals surface area contributed by atoms with Crippen LogP contribution in [0, 0.1) is 0 Å². The molecule has 0 aliphatic heterocycles. The first-order chi connectivity index (χ1) is 9.52. The molecule has 0 saturated carbocycles. The van der Waals surface area contributed by atoms with Crippen LogP contribution in [0.2, 0.25) is 0 Å². The lowest BCUT2D eigenvalue weighted by atomic mass is 10.2. The number of carbonyl (C=O) groups excluding carboxylic acids is 2. The summed E-state index contributed by atoms with van der Waals surface area (Å²) < 4.78 is 6.73. The molecule has 0 aliphatic carbocycles. The number of hydrogen-bond donors (Lipinski definition) is 1. The first kappa shape index (κ1) is 14.3. The van der Waals surface area contributed by atoms with Gasteiger partial charge in [0.05, 0.1) is 18.4 Å². The second-order valence-electron chi connectivity index (χ2n) is 3.99. The molecule has 1 amide bonds. The molecule has 2 rings (SSSR count). The molecule has 20 heavy (non-hydrogen) atoms. The van der Waals surface area contributed by atoms with Crippen molar-refractivity contribution in [3.05, 3.63) is 46.2 Å². The summed E-state index contributed by atoms with van der Waals surface area (Å²) in [6, 6.07) is 7.00. The van der Waals surface area contributed by atoms with Crippen molar-refractivity contribution in [1.29, 1.82) is 0 Å². The van der Waals surface area contributed by atoms with Gasteiger partial charge in [-0.2, -0.15) is 5.10 Å². The Balaban J connectivity index is 2.29. The number of amides is 1. The number of benzene rings is 1. The molecule has 0 saturated heterocycles. The van der Waals surface area contributed by atoms with Crippen LogP contribution in [0.5, 0.6) is 0 Å². The lowest BCUT2D eigenvalue weighted by Crippen LogP contribution is -2.15. The van der Waals surface area contributed by atoms with Gasteiger partial charge in [0.15, 0.2) is 5.69 Å². The van der Waals surface area contributed by atoms with Crippen molar-refractivity contribution < 1.29 is 14.3 Å². The molecule has 1 heterocycles. The Morgan fingerprint density at radius 3 is 2.70 bits per heavy atom. The predicted molar refractivity (Wildman–Crippen MR) is 76.6 cm³/mol. The van der Waals surface area contributed by atoms with Crippen molar-refractivity contribution in [2.24, 2.45) is 7.05 Å². The Labute approximate surface area is 123 Å². The largest absolute Gasteiger partial charge is 0.464 e. The summed E-state index contributed by atoms with van der Waals surface area (Å²) in [6.45, 7) is 0. The van der Waals surface area contributed by atoms with E-state index in [1.54, 1.807) is 31.4 Å². The molecule has 0 fully saturated rings. The number of aromatic nitrogens is 2. The molecule has 0 aliphatic rings. The number of methoxy groups -OCH3 is 1. The van der Waals surface area contributed by atoms with Crippen LogP contribution in [0.15, 0.2) is 34.9 Å². The average Bonchev–Trinajstić information content (AvgIpc) is 2.79. The van der Waals surface area contributed by atoms with E-state index in [4.69, 9.17) is 0 Å². The maximum atomic E-state index is 12.2. The first-order valence-electron chi connectivity index (χ1n) is 5.70. The summed E-state index contributed by atoms with van der Waals surface area (Å²) >= 11 is 3.30. The Morgan fingerprint density at radius 2 is 2.05 bits per heavy atom. The monoisotopic (exact) mass is 337 g/mol. The van der Waals surface area contributed by atoms with Crippen molar-refractivity contribution in [2.75, 3.05) is 12.4 Å². The number of nitrogens with one attached hydrogen (secondary N) is 1. The maximum Gasteiger partial charge on any atom is 0.360 e.